The third kappa shape index (κ3) is 4.69. The van der Waals surface area contributed by atoms with Crippen molar-refractivity contribution in [3.63, 3.8) is 0 Å². The van der Waals surface area contributed by atoms with Crippen molar-refractivity contribution in [3.05, 3.63) is 89.5 Å². The van der Waals surface area contributed by atoms with Crippen LogP contribution in [0.1, 0.15) is 37.0 Å². The van der Waals surface area contributed by atoms with E-state index in [1.165, 1.54) is 5.01 Å². The van der Waals surface area contributed by atoms with Crippen LogP contribution in [0.3, 0.4) is 0 Å². The summed E-state index contributed by atoms with van der Waals surface area (Å²) >= 11 is 0. The van der Waals surface area contributed by atoms with Gasteiger partial charge in [0.15, 0.2) is 0 Å². The molecule has 3 N–H and O–H groups in total. The number of fused-ring (bicyclic) bond motifs is 3. The number of para-hydroxylation sites is 1. The standard InChI is InChI=1S/C26H25F2N3O3/c1-15-20-7-3-4-8-21(20)22-9-5-6-10-23(22)31(26(15)34)30-25(33)16(2)29-14-24(32)17-11-18(27)13-19(28)12-17/h3-13,15-16,24,29,32H,14H2,1-2H3,(H,30,33)/t15?,16-,24+/m0/s1. The minimum atomic E-state index is -1.23. The van der Waals surface area contributed by atoms with E-state index in [0.717, 1.165) is 34.9 Å². The molecule has 0 fully saturated rings. The lowest BCUT2D eigenvalue weighted by Crippen LogP contribution is -2.53. The fourth-order valence-electron chi connectivity index (χ4n) is 4.05. The van der Waals surface area contributed by atoms with E-state index in [2.05, 4.69) is 10.7 Å². The molecule has 0 saturated heterocycles. The molecule has 176 valence electrons. The van der Waals surface area contributed by atoms with Crippen LogP contribution in [0.2, 0.25) is 0 Å². The van der Waals surface area contributed by atoms with Gasteiger partial charge in [-0.15, -0.1) is 0 Å². The zero-order valence-electron chi connectivity index (χ0n) is 18.8. The third-order valence-corrected chi connectivity index (χ3v) is 5.96. The number of carbonyl (C=O) groups excluding carboxylic acids is 2. The number of aliphatic hydroxyl groups is 1. The molecule has 0 saturated carbocycles. The molecule has 0 aliphatic carbocycles. The number of anilines is 1. The molecule has 1 heterocycles. The summed E-state index contributed by atoms with van der Waals surface area (Å²) in [6, 6.07) is 16.9. The van der Waals surface area contributed by atoms with E-state index in [4.69, 9.17) is 0 Å². The zero-order valence-corrected chi connectivity index (χ0v) is 18.8. The number of nitrogens with zero attached hydrogens (tertiary/aromatic N) is 1. The summed E-state index contributed by atoms with van der Waals surface area (Å²) in [5.41, 5.74) is 5.92. The number of amides is 2. The third-order valence-electron chi connectivity index (χ3n) is 5.96. The first-order valence-electron chi connectivity index (χ1n) is 11.0. The van der Waals surface area contributed by atoms with Gasteiger partial charge in [0.1, 0.15) is 11.6 Å². The first kappa shape index (κ1) is 23.5. The molecule has 34 heavy (non-hydrogen) atoms. The quantitative estimate of drug-likeness (QED) is 0.517. The van der Waals surface area contributed by atoms with Crippen LogP contribution < -0.4 is 15.8 Å². The Morgan fingerprint density at radius 1 is 1.03 bits per heavy atom. The molecule has 2 amide bonds. The Bertz CT molecular complexity index is 1210. The Hall–Kier alpha value is -3.62. The molecule has 1 aliphatic rings. The monoisotopic (exact) mass is 465 g/mol. The van der Waals surface area contributed by atoms with Gasteiger partial charge in [-0.05, 0) is 48.7 Å². The van der Waals surface area contributed by atoms with E-state index in [1.54, 1.807) is 26.0 Å². The van der Waals surface area contributed by atoms with Crippen LogP contribution in [-0.2, 0) is 9.59 Å². The van der Waals surface area contributed by atoms with Crippen molar-refractivity contribution in [2.45, 2.75) is 31.9 Å². The summed E-state index contributed by atoms with van der Waals surface area (Å²) in [5, 5.41) is 14.4. The maximum Gasteiger partial charge on any atom is 0.255 e. The normalized spacial score (nSPS) is 16.8. The molecule has 1 unspecified atom stereocenters. The van der Waals surface area contributed by atoms with Crippen molar-refractivity contribution in [2.75, 3.05) is 11.6 Å². The molecule has 1 aliphatic heterocycles. The lowest BCUT2D eigenvalue weighted by atomic mass is 9.92. The number of aliphatic hydroxyl groups excluding tert-OH is 1. The second kappa shape index (κ2) is 9.70. The predicted octanol–water partition coefficient (Wildman–Crippen LogP) is 3.82. The van der Waals surface area contributed by atoms with Crippen molar-refractivity contribution in [1.29, 1.82) is 0 Å². The molecule has 3 aromatic rings. The van der Waals surface area contributed by atoms with Crippen LogP contribution in [-0.4, -0.2) is 29.5 Å². The van der Waals surface area contributed by atoms with Gasteiger partial charge in [-0.3, -0.25) is 15.0 Å². The molecule has 3 atom stereocenters. The van der Waals surface area contributed by atoms with Crippen molar-refractivity contribution in [3.8, 4) is 11.1 Å². The molecule has 0 radical (unpaired) electrons. The second-order valence-corrected chi connectivity index (χ2v) is 8.32. The Morgan fingerprint density at radius 3 is 2.35 bits per heavy atom. The van der Waals surface area contributed by atoms with Gasteiger partial charge in [-0.2, -0.15) is 0 Å². The smallest absolute Gasteiger partial charge is 0.255 e. The van der Waals surface area contributed by atoms with Gasteiger partial charge >= 0.3 is 0 Å². The molecule has 0 spiro atoms. The molecule has 8 heteroatoms. The van der Waals surface area contributed by atoms with E-state index < -0.39 is 35.6 Å². The summed E-state index contributed by atoms with van der Waals surface area (Å²) < 4.78 is 26.8. The summed E-state index contributed by atoms with van der Waals surface area (Å²) in [6.45, 7) is 3.24. The Morgan fingerprint density at radius 2 is 1.65 bits per heavy atom. The van der Waals surface area contributed by atoms with Crippen LogP contribution in [0.15, 0.2) is 66.7 Å². The van der Waals surface area contributed by atoms with Gasteiger partial charge in [0.25, 0.3) is 11.8 Å². The van der Waals surface area contributed by atoms with Crippen molar-refractivity contribution in [2.24, 2.45) is 0 Å². The predicted molar refractivity (Wildman–Crippen MR) is 125 cm³/mol. The molecule has 4 rings (SSSR count). The van der Waals surface area contributed by atoms with Crippen LogP contribution in [0, 0.1) is 11.6 Å². The number of nitrogens with one attached hydrogen (secondary N) is 2. The number of halogens is 2. The molecule has 0 aromatic heterocycles. The minimum Gasteiger partial charge on any atom is -0.387 e. The molecular weight excluding hydrogens is 440 g/mol. The van der Waals surface area contributed by atoms with E-state index in [0.29, 0.717) is 5.69 Å². The Kier molecular flexibility index (Phi) is 6.72. The average molecular weight is 466 g/mol. The fraction of sp³-hybridized carbons (Fsp3) is 0.231. The maximum atomic E-state index is 13.4. The summed E-state index contributed by atoms with van der Waals surface area (Å²) in [5.74, 6) is -2.87. The highest BCUT2D eigenvalue weighted by atomic mass is 19.1. The number of hydrazine groups is 1. The van der Waals surface area contributed by atoms with Gasteiger partial charge in [0.2, 0.25) is 0 Å². The summed E-state index contributed by atoms with van der Waals surface area (Å²) in [6.07, 6.45) is -1.23. The number of hydrogen-bond acceptors (Lipinski definition) is 4. The van der Waals surface area contributed by atoms with Crippen LogP contribution >= 0.6 is 0 Å². The number of rotatable bonds is 6. The number of carbonyl (C=O) groups is 2. The second-order valence-electron chi connectivity index (χ2n) is 8.32. The van der Waals surface area contributed by atoms with Gasteiger partial charge in [-0.25, -0.2) is 13.8 Å². The number of benzene rings is 3. The summed E-state index contributed by atoms with van der Waals surface area (Å²) in [7, 11) is 0. The lowest BCUT2D eigenvalue weighted by molar-refractivity contribution is -0.127. The van der Waals surface area contributed by atoms with E-state index in [-0.39, 0.29) is 18.0 Å². The highest BCUT2D eigenvalue weighted by Crippen LogP contribution is 2.39. The largest absolute Gasteiger partial charge is 0.387 e. The Balaban J connectivity index is 1.50. The van der Waals surface area contributed by atoms with Crippen molar-refractivity contribution >= 4 is 17.5 Å². The van der Waals surface area contributed by atoms with E-state index in [9.17, 15) is 23.5 Å². The van der Waals surface area contributed by atoms with E-state index in [1.807, 2.05) is 36.4 Å². The van der Waals surface area contributed by atoms with Crippen LogP contribution in [0.4, 0.5) is 14.5 Å². The van der Waals surface area contributed by atoms with Crippen LogP contribution in [0.5, 0.6) is 0 Å². The lowest BCUT2D eigenvalue weighted by Gasteiger charge is -2.27. The molecule has 0 bridgehead atoms. The molecule has 6 nitrogen and oxygen atoms in total. The van der Waals surface area contributed by atoms with Gasteiger partial charge < -0.3 is 10.4 Å². The highest BCUT2D eigenvalue weighted by Gasteiger charge is 2.33. The number of hydrogen-bond donors (Lipinski definition) is 3. The van der Waals surface area contributed by atoms with Gasteiger partial charge in [0.05, 0.1) is 23.8 Å². The summed E-state index contributed by atoms with van der Waals surface area (Å²) in [4.78, 5) is 26.3. The molecule has 3 aromatic carbocycles. The van der Waals surface area contributed by atoms with Gasteiger partial charge in [0, 0.05) is 18.2 Å². The van der Waals surface area contributed by atoms with Gasteiger partial charge in [-0.1, -0.05) is 42.5 Å². The first-order chi connectivity index (χ1) is 16.3. The highest BCUT2D eigenvalue weighted by molar-refractivity contribution is 6.06. The van der Waals surface area contributed by atoms with Crippen molar-refractivity contribution < 1.29 is 23.5 Å². The molecular formula is C26H25F2N3O3. The van der Waals surface area contributed by atoms with Crippen molar-refractivity contribution in [1.82, 2.24) is 10.7 Å². The van der Waals surface area contributed by atoms with Crippen LogP contribution in [0.25, 0.3) is 11.1 Å². The maximum absolute atomic E-state index is 13.4. The zero-order chi connectivity index (χ0) is 24.4. The first-order valence-corrected chi connectivity index (χ1v) is 11.0. The van der Waals surface area contributed by atoms with E-state index >= 15 is 0 Å². The fourth-order valence-corrected chi connectivity index (χ4v) is 4.05. The topological polar surface area (TPSA) is 81.7 Å². The SMILES string of the molecule is CC1C(=O)N(NC(=O)[C@H](C)NC[C@@H](O)c2cc(F)cc(F)c2)c2ccccc2-c2ccccc21. The Labute approximate surface area is 196 Å². The average Bonchev–Trinajstić information content (AvgIpc) is 2.91. The minimum absolute atomic E-state index is 0.0563.